The Morgan fingerprint density at radius 2 is 1.71 bits per heavy atom. The lowest BCUT2D eigenvalue weighted by atomic mass is 10.2. The second-order valence-corrected chi connectivity index (χ2v) is 5.88. The lowest BCUT2D eigenvalue weighted by molar-refractivity contribution is -0.140. The summed E-state index contributed by atoms with van der Waals surface area (Å²) in [5.41, 5.74) is 4.21. The molecule has 1 aliphatic carbocycles. The molecule has 0 saturated heterocycles. The quantitative estimate of drug-likeness (QED) is 0.444. The number of carbonyl (C=O) groups excluding carboxylic acids is 4. The van der Waals surface area contributed by atoms with Crippen LogP contribution in [0.4, 0.5) is 0 Å². The van der Waals surface area contributed by atoms with Gasteiger partial charge in [-0.2, -0.15) is 0 Å². The number of halogens is 2. The van der Waals surface area contributed by atoms with Crippen LogP contribution in [0.15, 0.2) is 18.2 Å². The monoisotopic (exact) mass is 372 g/mol. The first-order valence-corrected chi connectivity index (χ1v) is 7.75. The topological polar surface area (TPSA) is 116 Å². The van der Waals surface area contributed by atoms with Gasteiger partial charge in [-0.15, -0.1) is 0 Å². The van der Waals surface area contributed by atoms with Crippen LogP contribution in [0.25, 0.3) is 0 Å². The Balaban J connectivity index is 1.71. The minimum Gasteiger partial charge on any atom is -0.345 e. The van der Waals surface area contributed by atoms with Crippen LogP contribution in [0.2, 0.25) is 10.0 Å². The molecule has 1 aromatic carbocycles. The average molecular weight is 373 g/mol. The molecule has 0 heterocycles. The van der Waals surface area contributed by atoms with Crippen molar-refractivity contribution in [3.63, 3.8) is 0 Å². The fourth-order valence-corrected chi connectivity index (χ4v) is 1.90. The van der Waals surface area contributed by atoms with E-state index in [0.29, 0.717) is 5.02 Å². The zero-order valence-corrected chi connectivity index (χ0v) is 13.8. The van der Waals surface area contributed by atoms with E-state index >= 15 is 0 Å². The molecule has 2 rings (SSSR count). The minimum atomic E-state index is -0.981. The summed E-state index contributed by atoms with van der Waals surface area (Å²) in [6, 6.07) is 4.30. The molecule has 1 aliphatic rings. The maximum Gasteiger partial charge on any atom is 0.327 e. The number of hydrazine groups is 1. The zero-order chi connectivity index (χ0) is 17.7. The zero-order valence-electron chi connectivity index (χ0n) is 12.3. The number of hydrogen-bond acceptors (Lipinski definition) is 4. The number of nitrogens with one attached hydrogen (secondary N) is 4. The number of benzene rings is 1. The van der Waals surface area contributed by atoms with Crippen molar-refractivity contribution in [3.8, 4) is 0 Å². The molecule has 0 atom stereocenters. The van der Waals surface area contributed by atoms with Gasteiger partial charge in [-0.25, -0.2) is 0 Å². The Kier molecular flexibility index (Phi) is 5.99. The first kappa shape index (κ1) is 18.0. The van der Waals surface area contributed by atoms with Crippen LogP contribution in [0.1, 0.15) is 23.2 Å². The van der Waals surface area contributed by atoms with Gasteiger partial charge in [0.25, 0.3) is 11.8 Å². The van der Waals surface area contributed by atoms with Crippen LogP contribution in [-0.2, 0) is 14.4 Å². The summed E-state index contributed by atoms with van der Waals surface area (Å²) in [5.74, 6) is -3.04. The third kappa shape index (κ3) is 5.39. The lowest BCUT2D eigenvalue weighted by Gasteiger charge is -2.08. The van der Waals surface area contributed by atoms with Crippen molar-refractivity contribution in [2.45, 2.75) is 18.9 Å². The molecule has 1 saturated carbocycles. The highest BCUT2D eigenvalue weighted by Crippen LogP contribution is 2.22. The van der Waals surface area contributed by atoms with Crippen molar-refractivity contribution in [1.82, 2.24) is 21.5 Å². The predicted molar refractivity (Wildman–Crippen MR) is 86.2 cm³/mol. The fourth-order valence-electron chi connectivity index (χ4n) is 1.61. The summed E-state index contributed by atoms with van der Waals surface area (Å²) >= 11 is 11.5. The van der Waals surface area contributed by atoms with Crippen LogP contribution in [-0.4, -0.2) is 36.2 Å². The first-order chi connectivity index (χ1) is 11.4. The summed E-state index contributed by atoms with van der Waals surface area (Å²) < 4.78 is 0. The molecule has 1 aromatic rings. The smallest absolute Gasteiger partial charge is 0.327 e. The molecule has 0 bridgehead atoms. The standard InChI is InChI=1S/C14H14Cl2N4O4/c15-9-4-1-7(5-10(9)16)12(22)17-6-11(21)19-20-14(24)13(23)18-8-2-3-8/h1,4-5,8H,2-3,6H2,(H,17,22)(H,18,23)(H,19,21)(H,20,24). The van der Waals surface area contributed by atoms with Crippen molar-refractivity contribution < 1.29 is 19.2 Å². The van der Waals surface area contributed by atoms with Gasteiger partial charge in [-0.3, -0.25) is 30.0 Å². The van der Waals surface area contributed by atoms with E-state index in [1.54, 1.807) is 0 Å². The van der Waals surface area contributed by atoms with Crippen LogP contribution < -0.4 is 21.5 Å². The molecule has 24 heavy (non-hydrogen) atoms. The maximum atomic E-state index is 11.8. The molecule has 10 heteroatoms. The Hall–Kier alpha value is -2.32. The lowest BCUT2D eigenvalue weighted by Crippen LogP contribution is -2.51. The van der Waals surface area contributed by atoms with Gasteiger partial charge >= 0.3 is 11.8 Å². The minimum absolute atomic E-state index is 0.0319. The predicted octanol–water partition coefficient (Wildman–Crippen LogP) is 0.149. The SMILES string of the molecule is O=C(CNC(=O)c1ccc(Cl)c(Cl)c1)NNC(=O)C(=O)NC1CC1. The average Bonchev–Trinajstić information content (AvgIpc) is 3.36. The first-order valence-electron chi connectivity index (χ1n) is 6.99. The van der Waals surface area contributed by atoms with Gasteiger partial charge < -0.3 is 10.6 Å². The molecule has 4 amide bonds. The van der Waals surface area contributed by atoms with Gasteiger partial charge in [-0.05, 0) is 31.0 Å². The highest BCUT2D eigenvalue weighted by Gasteiger charge is 2.26. The van der Waals surface area contributed by atoms with E-state index in [-0.39, 0.29) is 16.6 Å². The molecular formula is C14H14Cl2N4O4. The highest BCUT2D eigenvalue weighted by atomic mass is 35.5. The summed E-state index contributed by atoms with van der Waals surface area (Å²) in [7, 11) is 0. The molecule has 0 aliphatic heterocycles. The normalized spacial score (nSPS) is 12.9. The molecular weight excluding hydrogens is 359 g/mol. The summed E-state index contributed by atoms with van der Waals surface area (Å²) in [5, 5.41) is 5.31. The number of amides is 4. The largest absolute Gasteiger partial charge is 0.345 e. The highest BCUT2D eigenvalue weighted by molar-refractivity contribution is 6.42. The van der Waals surface area contributed by atoms with Crippen molar-refractivity contribution >= 4 is 46.8 Å². The molecule has 4 N–H and O–H groups in total. The number of rotatable bonds is 4. The maximum absolute atomic E-state index is 11.8. The summed E-state index contributed by atoms with van der Waals surface area (Å²) in [6.07, 6.45) is 1.68. The molecule has 0 spiro atoms. The van der Waals surface area contributed by atoms with Gasteiger partial charge in [0.05, 0.1) is 16.6 Å². The van der Waals surface area contributed by atoms with Crippen molar-refractivity contribution in [1.29, 1.82) is 0 Å². The third-order valence-corrected chi connectivity index (χ3v) is 3.76. The van der Waals surface area contributed by atoms with Crippen molar-refractivity contribution in [3.05, 3.63) is 33.8 Å². The molecule has 0 aromatic heterocycles. The van der Waals surface area contributed by atoms with Gasteiger partial charge in [-0.1, -0.05) is 23.2 Å². The van der Waals surface area contributed by atoms with E-state index in [1.165, 1.54) is 18.2 Å². The molecule has 128 valence electrons. The molecule has 8 nitrogen and oxygen atoms in total. The number of carbonyl (C=O) groups is 4. The van der Waals surface area contributed by atoms with Gasteiger partial charge in [0, 0.05) is 11.6 Å². The Morgan fingerprint density at radius 3 is 2.33 bits per heavy atom. The summed E-state index contributed by atoms with van der Waals surface area (Å²) in [4.78, 5) is 46.1. The van der Waals surface area contributed by atoms with E-state index in [4.69, 9.17) is 23.2 Å². The van der Waals surface area contributed by atoms with Crippen LogP contribution >= 0.6 is 23.2 Å². The molecule has 0 radical (unpaired) electrons. The Labute approximate surface area is 147 Å². The van der Waals surface area contributed by atoms with E-state index in [9.17, 15) is 19.2 Å². The fraction of sp³-hybridized carbons (Fsp3) is 0.286. The third-order valence-electron chi connectivity index (χ3n) is 3.03. The second kappa shape index (κ2) is 7.98. The Morgan fingerprint density at radius 1 is 1.00 bits per heavy atom. The van der Waals surface area contributed by atoms with Crippen molar-refractivity contribution in [2.24, 2.45) is 0 Å². The van der Waals surface area contributed by atoms with Gasteiger partial charge in [0.15, 0.2) is 0 Å². The van der Waals surface area contributed by atoms with E-state index < -0.39 is 30.2 Å². The van der Waals surface area contributed by atoms with Crippen LogP contribution in [0.5, 0.6) is 0 Å². The Bertz CT molecular complexity index is 691. The van der Waals surface area contributed by atoms with E-state index in [1.807, 2.05) is 10.9 Å². The molecule has 0 unspecified atom stereocenters. The van der Waals surface area contributed by atoms with E-state index in [2.05, 4.69) is 10.6 Å². The molecule has 1 fully saturated rings. The van der Waals surface area contributed by atoms with Crippen LogP contribution in [0, 0.1) is 0 Å². The van der Waals surface area contributed by atoms with Gasteiger partial charge in [0.1, 0.15) is 0 Å². The second-order valence-electron chi connectivity index (χ2n) is 5.06. The number of hydrogen-bond donors (Lipinski definition) is 4. The van der Waals surface area contributed by atoms with Crippen LogP contribution in [0.3, 0.4) is 0 Å². The van der Waals surface area contributed by atoms with E-state index in [0.717, 1.165) is 12.8 Å². The summed E-state index contributed by atoms with van der Waals surface area (Å²) in [6.45, 7) is -0.399. The van der Waals surface area contributed by atoms with Crippen molar-refractivity contribution in [2.75, 3.05) is 6.54 Å². The van der Waals surface area contributed by atoms with Gasteiger partial charge in [0.2, 0.25) is 0 Å².